The van der Waals surface area contributed by atoms with E-state index in [1.807, 2.05) is 18.2 Å². The molecule has 3 aromatic carbocycles. The van der Waals surface area contributed by atoms with Crippen molar-refractivity contribution in [1.82, 2.24) is 4.90 Å². The maximum absolute atomic E-state index is 14.4. The number of carbonyl (C=O) groups is 2. The third-order valence-corrected chi connectivity index (χ3v) is 11.7. The first kappa shape index (κ1) is 34.2. The lowest BCUT2D eigenvalue weighted by Gasteiger charge is -2.49. The number of hydrogen-bond acceptors (Lipinski definition) is 6. The highest BCUT2D eigenvalue weighted by Gasteiger charge is 2.50. The van der Waals surface area contributed by atoms with Crippen molar-refractivity contribution in [3.8, 4) is 5.75 Å². The third-order valence-electron chi connectivity index (χ3n) is 9.13. The van der Waals surface area contributed by atoms with Crippen LogP contribution in [0, 0.1) is 10.8 Å². The Kier molecular flexibility index (Phi) is 9.17. The summed E-state index contributed by atoms with van der Waals surface area (Å²) in [4.78, 5) is 30.9. The van der Waals surface area contributed by atoms with Crippen molar-refractivity contribution < 1.29 is 22.2 Å². The topological polar surface area (TPSA) is 80.8 Å². The minimum atomic E-state index is -4.32. The van der Waals surface area contributed by atoms with Gasteiger partial charge in [-0.1, -0.05) is 85.6 Å². The van der Waals surface area contributed by atoms with Crippen LogP contribution in [-0.4, -0.2) is 31.4 Å². The van der Waals surface area contributed by atoms with E-state index in [9.17, 15) is 18.0 Å². The second-order valence-corrected chi connectivity index (χ2v) is 18.0. The molecule has 0 saturated carbocycles. The van der Waals surface area contributed by atoms with Gasteiger partial charge in [0.1, 0.15) is 4.90 Å². The lowest BCUT2D eigenvalue weighted by molar-refractivity contribution is -0.119. The molecular weight excluding hydrogens is 766 g/mol. The van der Waals surface area contributed by atoms with Gasteiger partial charge in [0.05, 0.1) is 4.47 Å². The Balaban J connectivity index is 1.58. The van der Waals surface area contributed by atoms with Crippen LogP contribution < -0.4 is 4.18 Å². The molecular formula is C37H36Br2ClNO5S. The van der Waals surface area contributed by atoms with Gasteiger partial charge in [0.25, 0.3) is 0 Å². The van der Waals surface area contributed by atoms with Crippen LogP contribution in [0.5, 0.6) is 5.75 Å². The van der Waals surface area contributed by atoms with Crippen LogP contribution in [0.3, 0.4) is 0 Å². The molecule has 47 heavy (non-hydrogen) atoms. The number of allylic oxidation sites excluding steroid dienone is 4. The van der Waals surface area contributed by atoms with Gasteiger partial charge in [-0.05, 0) is 88.0 Å². The zero-order chi connectivity index (χ0) is 33.9. The van der Waals surface area contributed by atoms with E-state index in [-0.39, 0.29) is 33.0 Å². The summed E-state index contributed by atoms with van der Waals surface area (Å²) in [5, 5.41) is 0.393. The molecule has 6 rings (SSSR count). The van der Waals surface area contributed by atoms with Gasteiger partial charge in [0.15, 0.2) is 17.3 Å². The molecule has 2 aliphatic carbocycles. The highest BCUT2D eigenvalue weighted by Crippen LogP contribution is 2.56. The average Bonchev–Trinajstić information content (AvgIpc) is 2.96. The predicted molar refractivity (Wildman–Crippen MR) is 191 cm³/mol. The fourth-order valence-electron chi connectivity index (χ4n) is 7.16. The van der Waals surface area contributed by atoms with Gasteiger partial charge in [-0.3, -0.25) is 9.59 Å². The molecule has 246 valence electrons. The molecule has 3 aliphatic rings. The van der Waals surface area contributed by atoms with Crippen molar-refractivity contribution in [2.24, 2.45) is 10.8 Å². The van der Waals surface area contributed by atoms with Gasteiger partial charge in [0.2, 0.25) is 0 Å². The molecule has 6 nitrogen and oxygen atoms in total. The molecule has 0 saturated heterocycles. The van der Waals surface area contributed by atoms with E-state index in [0.717, 1.165) is 17.8 Å². The van der Waals surface area contributed by atoms with Crippen molar-refractivity contribution in [3.63, 3.8) is 0 Å². The van der Waals surface area contributed by atoms with E-state index in [2.05, 4.69) is 76.6 Å². The van der Waals surface area contributed by atoms with Crippen LogP contribution >= 0.6 is 43.5 Å². The summed E-state index contributed by atoms with van der Waals surface area (Å²) in [6, 6.07) is 19.4. The van der Waals surface area contributed by atoms with E-state index in [4.69, 9.17) is 15.8 Å². The molecule has 1 heterocycles. The average molecular weight is 802 g/mol. The van der Waals surface area contributed by atoms with Crippen LogP contribution in [0.1, 0.15) is 70.4 Å². The summed E-state index contributed by atoms with van der Waals surface area (Å²) in [5.74, 6) is -0.847. The summed E-state index contributed by atoms with van der Waals surface area (Å²) in [6.45, 7) is 9.00. The highest BCUT2D eigenvalue weighted by molar-refractivity contribution is 9.11. The Labute approximate surface area is 298 Å². The quantitative estimate of drug-likeness (QED) is 0.222. The zero-order valence-electron chi connectivity index (χ0n) is 26.7. The molecule has 0 unspecified atom stereocenters. The standard InChI is InChI=1S/C37H36Br2ClNO5S/c1-36(2)18-28-33(30(42)20-36)32(26-16-23(38)17-27(39)35(26)46-47(44,45)25-12-10-24(40)11-13-25)34-29(19-37(3,4)21-31(34)43)41(28)15-14-22-8-6-5-7-9-22/h5-13,16-17,32H,14-15,18-21H2,1-4H3. The van der Waals surface area contributed by atoms with E-state index in [1.165, 1.54) is 29.8 Å². The normalized spacial score (nSPS) is 19.5. The van der Waals surface area contributed by atoms with Crippen LogP contribution in [0.4, 0.5) is 0 Å². The third kappa shape index (κ3) is 6.91. The molecule has 0 fully saturated rings. The first-order valence-electron chi connectivity index (χ1n) is 15.6. The van der Waals surface area contributed by atoms with Crippen LogP contribution in [0.15, 0.2) is 103 Å². The van der Waals surface area contributed by atoms with E-state index < -0.39 is 16.0 Å². The summed E-state index contributed by atoms with van der Waals surface area (Å²) in [5.41, 5.74) is 3.90. The zero-order valence-corrected chi connectivity index (χ0v) is 31.4. The Morgan fingerprint density at radius 2 is 1.38 bits per heavy atom. The summed E-state index contributed by atoms with van der Waals surface area (Å²) < 4.78 is 34.3. The Hall–Kier alpha value is -2.72. The summed E-state index contributed by atoms with van der Waals surface area (Å²) in [6.07, 6.45) is 2.63. The molecule has 10 heteroatoms. The number of ketones is 2. The van der Waals surface area contributed by atoms with Crippen molar-refractivity contribution in [2.75, 3.05) is 6.54 Å². The van der Waals surface area contributed by atoms with Gasteiger partial charge < -0.3 is 9.08 Å². The van der Waals surface area contributed by atoms with E-state index in [0.29, 0.717) is 62.9 Å². The molecule has 0 bridgehead atoms. The smallest absolute Gasteiger partial charge is 0.339 e. The largest absolute Gasteiger partial charge is 0.377 e. The number of benzene rings is 3. The lowest BCUT2D eigenvalue weighted by Crippen LogP contribution is -2.45. The maximum atomic E-state index is 14.4. The van der Waals surface area contributed by atoms with E-state index >= 15 is 0 Å². The molecule has 0 atom stereocenters. The first-order valence-corrected chi connectivity index (χ1v) is 19.0. The van der Waals surface area contributed by atoms with Crippen molar-refractivity contribution in [3.05, 3.63) is 114 Å². The minimum Gasteiger partial charge on any atom is -0.377 e. The van der Waals surface area contributed by atoms with Gasteiger partial charge in [0, 0.05) is 62.9 Å². The van der Waals surface area contributed by atoms with Crippen molar-refractivity contribution in [1.29, 1.82) is 0 Å². The molecule has 0 amide bonds. The predicted octanol–water partition coefficient (Wildman–Crippen LogP) is 9.56. The molecule has 1 aliphatic heterocycles. The number of halogens is 3. The molecule has 0 aromatic heterocycles. The van der Waals surface area contributed by atoms with E-state index in [1.54, 1.807) is 12.1 Å². The molecule has 0 N–H and O–H groups in total. The van der Waals surface area contributed by atoms with Crippen LogP contribution in [-0.2, 0) is 26.1 Å². The van der Waals surface area contributed by atoms with Crippen molar-refractivity contribution >= 4 is 65.1 Å². The Bertz CT molecular complexity index is 1900. The number of hydrogen-bond donors (Lipinski definition) is 0. The SMILES string of the molecule is CC1(C)CC(=O)C2=C(C1)N(CCc1ccccc1)C1=C(C(=O)CC(C)(C)C1)C2c1cc(Br)cc(Br)c1OS(=O)(=O)c1ccc(Cl)cc1. The number of rotatable bonds is 7. The molecule has 0 radical (unpaired) electrons. The molecule has 3 aromatic rings. The number of nitrogens with zero attached hydrogens (tertiary/aromatic N) is 1. The van der Waals surface area contributed by atoms with Gasteiger partial charge in [-0.25, -0.2) is 0 Å². The minimum absolute atomic E-state index is 0.0415. The summed E-state index contributed by atoms with van der Waals surface area (Å²) >= 11 is 13.2. The van der Waals surface area contributed by atoms with Gasteiger partial charge in [-0.2, -0.15) is 8.42 Å². The van der Waals surface area contributed by atoms with Gasteiger partial charge in [-0.15, -0.1) is 0 Å². The van der Waals surface area contributed by atoms with Crippen LogP contribution in [0.2, 0.25) is 5.02 Å². The Morgan fingerprint density at radius 3 is 1.94 bits per heavy atom. The van der Waals surface area contributed by atoms with Gasteiger partial charge >= 0.3 is 10.1 Å². The fourth-order valence-corrected chi connectivity index (χ4v) is 9.70. The summed E-state index contributed by atoms with van der Waals surface area (Å²) in [7, 11) is -4.32. The second-order valence-electron chi connectivity index (χ2n) is 14.2. The fraction of sp³-hybridized carbons (Fsp3) is 0.351. The van der Waals surface area contributed by atoms with Crippen molar-refractivity contribution in [2.45, 2.75) is 70.6 Å². The Morgan fingerprint density at radius 1 is 0.830 bits per heavy atom. The highest BCUT2D eigenvalue weighted by atomic mass is 79.9. The maximum Gasteiger partial charge on any atom is 0.339 e. The number of carbonyl (C=O) groups excluding carboxylic acids is 2. The van der Waals surface area contributed by atoms with Crippen LogP contribution in [0.25, 0.3) is 0 Å². The molecule has 0 spiro atoms. The number of Topliss-reactive ketones (excluding diaryl/α,β-unsaturated/α-hetero) is 2. The first-order chi connectivity index (χ1) is 22.1. The monoisotopic (exact) mass is 799 g/mol. The lowest BCUT2D eigenvalue weighted by atomic mass is 9.63. The second kappa shape index (κ2) is 12.6.